The number of imide groups is 1. The first-order valence-electron chi connectivity index (χ1n) is 9.64. The molecule has 2 fully saturated rings. The highest BCUT2D eigenvalue weighted by Gasteiger charge is 2.64. The van der Waals surface area contributed by atoms with Crippen molar-refractivity contribution >= 4 is 35.0 Å². The highest BCUT2D eigenvalue weighted by molar-refractivity contribution is 6.32. The van der Waals surface area contributed by atoms with E-state index in [1.54, 1.807) is 12.1 Å². The van der Waals surface area contributed by atoms with Gasteiger partial charge in [-0.3, -0.25) is 19.3 Å². The Bertz CT molecular complexity index is 869. The van der Waals surface area contributed by atoms with Gasteiger partial charge in [-0.1, -0.05) is 32.4 Å². The molecule has 1 aliphatic carbocycles. The number of fused-ring (bicyclic) bond motifs is 2. The number of piperidine rings is 1. The lowest BCUT2D eigenvalue weighted by atomic mass is 9.62. The summed E-state index contributed by atoms with van der Waals surface area (Å²) in [6, 6.07) is 3.12. The van der Waals surface area contributed by atoms with Crippen LogP contribution >= 0.6 is 11.6 Å². The maximum Gasteiger partial charge on any atom is 0.235 e. The molecule has 0 spiro atoms. The maximum absolute atomic E-state index is 13.0. The number of amides is 3. The van der Waals surface area contributed by atoms with E-state index in [1.165, 1.54) is 19.1 Å². The van der Waals surface area contributed by atoms with Gasteiger partial charge in [-0.2, -0.15) is 0 Å². The number of ether oxygens (including phenoxy) is 2. The predicted octanol–water partition coefficient (Wildman–Crippen LogP) is 3.50. The molecule has 2 bridgehead atoms. The van der Waals surface area contributed by atoms with Gasteiger partial charge in [-0.15, -0.1) is 0 Å². The van der Waals surface area contributed by atoms with Gasteiger partial charge in [0, 0.05) is 31.0 Å². The van der Waals surface area contributed by atoms with Crippen LogP contribution in [-0.4, -0.2) is 43.4 Å². The molecule has 1 saturated carbocycles. The molecule has 1 aromatic carbocycles. The molecule has 1 saturated heterocycles. The third-order valence-electron chi connectivity index (χ3n) is 6.82. The van der Waals surface area contributed by atoms with Crippen LogP contribution in [0.5, 0.6) is 11.5 Å². The van der Waals surface area contributed by atoms with Crippen LogP contribution in [0.3, 0.4) is 0 Å². The van der Waals surface area contributed by atoms with Gasteiger partial charge in [0.05, 0.1) is 30.3 Å². The number of nitrogens with one attached hydrogen (secondary N) is 1. The molecule has 2 aliphatic rings. The molecule has 8 heteroatoms. The minimum atomic E-state index is -0.575. The summed E-state index contributed by atoms with van der Waals surface area (Å²) >= 11 is 6.08. The van der Waals surface area contributed by atoms with E-state index in [-0.39, 0.29) is 42.0 Å². The minimum absolute atomic E-state index is 0.00515. The highest BCUT2D eigenvalue weighted by Crippen LogP contribution is 2.60. The Morgan fingerprint density at radius 2 is 1.86 bits per heavy atom. The average Bonchev–Trinajstić information content (AvgIpc) is 2.86. The summed E-state index contributed by atoms with van der Waals surface area (Å²) in [4.78, 5) is 39.7. The van der Waals surface area contributed by atoms with Crippen molar-refractivity contribution < 1.29 is 23.9 Å². The number of carbonyl (C=O) groups excluding carboxylic acids is 3. The molecule has 1 aliphatic heterocycles. The number of nitrogens with zero attached hydrogens (tertiary/aromatic N) is 1. The molecule has 29 heavy (non-hydrogen) atoms. The number of likely N-dealkylation sites (tertiary alicyclic amines) is 1. The molecule has 3 amide bonds. The van der Waals surface area contributed by atoms with Gasteiger partial charge in [-0.25, -0.2) is 0 Å². The smallest absolute Gasteiger partial charge is 0.235 e. The quantitative estimate of drug-likeness (QED) is 0.709. The fourth-order valence-electron chi connectivity index (χ4n) is 4.50. The van der Waals surface area contributed by atoms with E-state index in [9.17, 15) is 14.4 Å². The molecule has 158 valence electrons. The molecule has 0 aromatic heterocycles. The number of anilines is 1. The first-order chi connectivity index (χ1) is 13.6. The zero-order valence-corrected chi connectivity index (χ0v) is 18.2. The summed E-state index contributed by atoms with van der Waals surface area (Å²) in [7, 11) is 2.94. The number of hydrogen-bond acceptors (Lipinski definition) is 5. The van der Waals surface area contributed by atoms with Gasteiger partial charge in [0.2, 0.25) is 17.7 Å². The molecule has 3 rings (SSSR count). The molecule has 0 radical (unpaired) electrons. The topological polar surface area (TPSA) is 84.9 Å². The van der Waals surface area contributed by atoms with Crippen molar-refractivity contribution in [1.29, 1.82) is 0 Å². The lowest BCUT2D eigenvalue weighted by Gasteiger charge is -2.47. The zero-order valence-electron chi connectivity index (χ0n) is 17.4. The number of methoxy groups -OCH3 is 2. The molecular formula is C21H27ClN2O5. The van der Waals surface area contributed by atoms with Crippen molar-refractivity contribution in [1.82, 2.24) is 4.90 Å². The Morgan fingerprint density at radius 1 is 1.21 bits per heavy atom. The van der Waals surface area contributed by atoms with E-state index < -0.39 is 5.41 Å². The van der Waals surface area contributed by atoms with Crippen LogP contribution in [0, 0.1) is 16.7 Å². The van der Waals surface area contributed by atoms with Crippen molar-refractivity contribution in [2.24, 2.45) is 16.7 Å². The van der Waals surface area contributed by atoms with Gasteiger partial charge in [-0.05, 0) is 18.3 Å². The first-order valence-corrected chi connectivity index (χ1v) is 10.0. The third-order valence-corrected chi connectivity index (χ3v) is 7.11. The fourth-order valence-corrected chi connectivity index (χ4v) is 4.73. The van der Waals surface area contributed by atoms with Gasteiger partial charge < -0.3 is 14.8 Å². The highest BCUT2D eigenvalue weighted by atomic mass is 35.5. The molecule has 7 nitrogen and oxygen atoms in total. The Balaban J connectivity index is 1.71. The SMILES string of the molecule is COc1cc(NC(=O)CCN2C(=O)C3CCC(C)(C2=O)C3(C)C)c(OC)cc1Cl. The third kappa shape index (κ3) is 3.35. The van der Waals surface area contributed by atoms with Crippen molar-refractivity contribution in [2.45, 2.75) is 40.0 Å². The van der Waals surface area contributed by atoms with E-state index in [1.807, 2.05) is 20.8 Å². The molecule has 1 N–H and O–H groups in total. The lowest BCUT2D eigenvalue weighted by Crippen LogP contribution is -2.59. The molecule has 1 heterocycles. The van der Waals surface area contributed by atoms with Gasteiger partial charge in [0.25, 0.3) is 0 Å². The number of benzene rings is 1. The van der Waals surface area contributed by atoms with E-state index in [0.29, 0.717) is 35.1 Å². The van der Waals surface area contributed by atoms with Gasteiger partial charge >= 0.3 is 0 Å². The second-order valence-electron chi connectivity index (χ2n) is 8.43. The largest absolute Gasteiger partial charge is 0.495 e. The zero-order chi connectivity index (χ0) is 21.6. The van der Waals surface area contributed by atoms with Gasteiger partial charge in [0.15, 0.2) is 0 Å². The van der Waals surface area contributed by atoms with Crippen LogP contribution in [0.25, 0.3) is 0 Å². The monoisotopic (exact) mass is 422 g/mol. The van der Waals surface area contributed by atoms with E-state index in [4.69, 9.17) is 21.1 Å². The van der Waals surface area contributed by atoms with Gasteiger partial charge in [0.1, 0.15) is 11.5 Å². The van der Waals surface area contributed by atoms with Crippen LogP contribution in [0.1, 0.15) is 40.0 Å². The van der Waals surface area contributed by atoms with Crippen LogP contribution in [0.2, 0.25) is 5.02 Å². The Labute approximate surface area is 175 Å². The van der Waals surface area contributed by atoms with Crippen molar-refractivity contribution in [3.63, 3.8) is 0 Å². The summed E-state index contributed by atoms with van der Waals surface area (Å²) in [5.74, 6) is -0.0877. The van der Waals surface area contributed by atoms with Crippen molar-refractivity contribution in [3.05, 3.63) is 17.2 Å². The number of carbonyl (C=O) groups is 3. The summed E-state index contributed by atoms with van der Waals surface area (Å²) in [5, 5.41) is 3.10. The van der Waals surface area contributed by atoms with Crippen LogP contribution < -0.4 is 14.8 Å². The second kappa shape index (κ2) is 7.52. The number of halogens is 1. The van der Waals surface area contributed by atoms with Crippen LogP contribution in [-0.2, 0) is 14.4 Å². The molecule has 2 atom stereocenters. The second-order valence-corrected chi connectivity index (χ2v) is 8.83. The fraction of sp³-hybridized carbons (Fsp3) is 0.571. The average molecular weight is 423 g/mol. The van der Waals surface area contributed by atoms with E-state index in [0.717, 1.165) is 0 Å². The summed E-state index contributed by atoms with van der Waals surface area (Å²) in [6.45, 7) is 5.97. The Hall–Kier alpha value is -2.28. The Kier molecular flexibility index (Phi) is 5.56. The standard InChI is InChI=1S/C21H27ClN2O5/c1-20(2)12-6-8-21(20,3)19(27)24(18(12)26)9-7-17(25)23-14-11-15(28-4)13(22)10-16(14)29-5/h10-12H,6-9H2,1-5H3,(H,23,25). The Morgan fingerprint density at radius 3 is 2.48 bits per heavy atom. The minimum Gasteiger partial charge on any atom is -0.495 e. The summed E-state index contributed by atoms with van der Waals surface area (Å²) < 4.78 is 10.4. The number of hydrogen-bond donors (Lipinski definition) is 1. The molecule has 1 aromatic rings. The van der Waals surface area contributed by atoms with Crippen molar-refractivity contribution in [3.8, 4) is 11.5 Å². The summed E-state index contributed by atoms with van der Waals surface area (Å²) in [5.41, 5.74) is -0.537. The maximum atomic E-state index is 13.0. The lowest BCUT2D eigenvalue weighted by molar-refractivity contribution is -0.167. The molecular weight excluding hydrogens is 396 g/mol. The van der Waals surface area contributed by atoms with Crippen LogP contribution in [0.15, 0.2) is 12.1 Å². The summed E-state index contributed by atoms with van der Waals surface area (Å²) in [6.07, 6.45) is 1.40. The van der Waals surface area contributed by atoms with E-state index >= 15 is 0 Å². The normalized spacial score (nSPS) is 25.2. The molecule has 2 unspecified atom stereocenters. The van der Waals surface area contributed by atoms with Crippen LogP contribution in [0.4, 0.5) is 5.69 Å². The van der Waals surface area contributed by atoms with Crippen molar-refractivity contribution in [2.75, 3.05) is 26.1 Å². The predicted molar refractivity (Wildman–Crippen MR) is 109 cm³/mol. The first kappa shape index (κ1) is 21.4. The van der Waals surface area contributed by atoms with E-state index in [2.05, 4.69) is 5.32 Å². The number of rotatable bonds is 6.